The Morgan fingerprint density at radius 3 is 2.58 bits per heavy atom. The summed E-state index contributed by atoms with van der Waals surface area (Å²) in [5.41, 5.74) is 2.73. The number of amides is 2. The van der Waals surface area contributed by atoms with Crippen LogP contribution in [0.4, 0.5) is 10.5 Å². The molecule has 6 nitrogen and oxygen atoms in total. The molecule has 2 aromatic rings. The lowest BCUT2D eigenvalue weighted by Crippen LogP contribution is -2.44. The Morgan fingerprint density at radius 1 is 1.15 bits per heavy atom. The number of rotatable bonds is 3. The summed E-state index contributed by atoms with van der Waals surface area (Å²) in [7, 11) is 0. The Labute approximate surface area is 152 Å². The monoisotopic (exact) mass is 354 g/mol. The van der Waals surface area contributed by atoms with Crippen LogP contribution in [0.5, 0.6) is 5.75 Å². The van der Waals surface area contributed by atoms with Crippen LogP contribution in [0.25, 0.3) is 0 Å². The molecule has 0 radical (unpaired) electrons. The van der Waals surface area contributed by atoms with E-state index in [1.165, 1.54) is 4.90 Å². The van der Waals surface area contributed by atoms with Crippen molar-refractivity contribution >= 4 is 17.7 Å². The molecule has 3 rings (SSSR count). The number of aliphatic hydroxyl groups is 1. The Hall–Kier alpha value is -2.86. The molecule has 0 aliphatic carbocycles. The average molecular weight is 354 g/mol. The van der Waals surface area contributed by atoms with E-state index >= 15 is 0 Å². The fourth-order valence-corrected chi connectivity index (χ4v) is 3.08. The zero-order valence-corrected chi connectivity index (χ0v) is 14.8. The van der Waals surface area contributed by atoms with Gasteiger partial charge >= 0.3 is 6.09 Å². The first-order valence-corrected chi connectivity index (χ1v) is 8.53. The number of likely N-dealkylation sites (tertiary alicyclic amines) is 1. The largest absolute Gasteiger partial charge is 0.416 e. The second kappa shape index (κ2) is 7.58. The zero-order chi connectivity index (χ0) is 18.7. The van der Waals surface area contributed by atoms with Crippen molar-refractivity contribution in [2.75, 3.05) is 11.9 Å². The highest BCUT2D eigenvalue weighted by Crippen LogP contribution is 2.23. The Kier molecular flexibility index (Phi) is 5.23. The van der Waals surface area contributed by atoms with Gasteiger partial charge in [-0.3, -0.25) is 9.69 Å². The second-order valence-electron chi connectivity index (χ2n) is 6.55. The second-order valence-corrected chi connectivity index (χ2v) is 6.55. The molecular formula is C20H22N2O4. The third-order valence-electron chi connectivity index (χ3n) is 4.40. The number of para-hydroxylation sites is 1. The molecule has 1 aliphatic rings. The summed E-state index contributed by atoms with van der Waals surface area (Å²) in [6.07, 6.45) is -1.22. The number of carbonyl (C=O) groups excluding carboxylic acids is 2. The number of anilines is 1. The van der Waals surface area contributed by atoms with Crippen molar-refractivity contribution < 1.29 is 19.4 Å². The van der Waals surface area contributed by atoms with Gasteiger partial charge < -0.3 is 15.2 Å². The summed E-state index contributed by atoms with van der Waals surface area (Å²) < 4.78 is 5.31. The first-order valence-electron chi connectivity index (χ1n) is 8.53. The quantitative estimate of drug-likeness (QED) is 0.888. The number of hydrogen-bond donors (Lipinski definition) is 2. The fourth-order valence-electron chi connectivity index (χ4n) is 3.08. The molecule has 2 amide bonds. The highest BCUT2D eigenvalue weighted by molar-refractivity contribution is 5.97. The van der Waals surface area contributed by atoms with Crippen LogP contribution in [0.3, 0.4) is 0 Å². The van der Waals surface area contributed by atoms with Crippen LogP contribution in [0.2, 0.25) is 0 Å². The molecule has 2 aromatic carbocycles. The molecule has 2 N–H and O–H groups in total. The minimum atomic E-state index is -0.776. The Bertz CT molecular complexity index is 807. The number of nitrogens with one attached hydrogen (secondary N) is 1. The van der Waals surface area contributed by atoms with Crippen LogP contribution < -0.4 is 10.1 Å². The molecule has 6 heteroatoms. The molecule has 136 valence electrons. The number of nitrogens with zero attached hydrogens (tertiary/aromatic N) is 1. The molecule has 1 aliphatic heterocycles. The van der Waals surface area contributed by atoms with Crippen LogP contribution in [0, 0.1) is 13.8 Å². The van der Waals surface area contributed by atoms with Gasteiger partial charge in [0.2, 0.25) is 5.91 Å². The van der Waals surface area contributed by atoms with Crippen LogP contribution in [0.1, 0.15) is 17.5 Å². The lowest BCUT2D eigenvalue weighted by molar-refractivity contribution is -0.119. The number of benzene rings is 2. The van der Waals surface area contributed by atoms with E-state index < -0.39 is 18.2 Å². The van der Waals surface area contributed by atoms with Gasteiger partial charge in [0, 0.05) is 12.1 Å². The van der Waals surface area contributed by atoms with Gasteiger partial charge in [0.15, 0.2) is 0 Å². The van der Waals surface area contributed by atoms with E-state index in [0.29, 0.717) is 11.4 Å². The molecule has 1 saturated heterocycles. The maximum atomic E-state index is 12.7. The number of carbonyl (C=O) groups is 2. The van der Waals surface area contributed by atoms with Gasteiger partial charge in [0.05, 0.1) is 12.6 Å². The molecule has 26 heavy (non-hydrogen) atoms. The van der Waals surface area contributed by atoms with Crippen molar-refractivity contribution in [1.82, 2.24) is 4.90 Å². The summed E-state index contributed by atoms with van der Waals surface area (Å²) >= 11 is 0. The van der Waals surface area contributed by atoms with E-state index in [2.05, 4.69) is 5.32 Å². The van der Waals surface area contributed by atoms with E-state index in [1.54, 1.807) is 24.3 Å². The first-order chi connectivity index (χ1) is 12.4. The number of aliphatic hydroxyl groups excluding tert-OH is 1. The van der Waals surface area contributed by atoms with E-state index in [9.17, 15) is 14.7 Å². The predicted molar refractivity (Wildman–Crippen MR) is 98.1 cm³/mol. The van der Waals surface area contributed by atoms with Crippen molar-refractivity contribution in [3.8, 4) is 5.75 Å². The normalized spacial score (nSPS) is 19.3. The Morgan fingerprint density at radius 2 is 1.88 bits per heavy atom. The van der Waals surface area contributed by atoms with Gasteiger partial charge in [-0.2, -0.15) is 0 Å². The van der Waals surface area contributed by atoms with Crippen LogP contribution in [0.15, 0.2) is 48.5 Å². The minimum absolute atomic E-state index is 0.0661. The van der Waals surface area contributed by atoms with E-state index in [0.717, 1.165) is 11.1 Å². The van der Waals surface area contributed by atoms with Gasteiger partial charge in [0.25, 0.3) is 0 Å². The molecule has 0 spiro atoms. The molecule has 2 atom stereocenters. The fraction of sp³-hybridized carbons (Fsp3) is 0.300. The van der Waals surface area contributed by atoms with E-state index in [-0.39, 0.29) is 18.9 Å². The molecular weight excluding hydrogens is 332 g/mol. The van der Waals surface area contributed by atoms with E-state index in [1.807, 2.05) is 38.1 Å². The topological polar surface area (TPSA) is 78.9 Å². The maximum absolute atomic E-state index is 12.7. The summed E-state index contributed by atoms with van der Waals surface area (Å²) in [4.78, 5) is 26.4. The SMILES string of the molecule is Cc1ccc(NC(=O)[C@@H]2C[C@H](O)CN2C(=O)Oc2ccccc2)c(C)c1. The molecule has 0 unspecified atom stereocenters. The van der Waals surface area contributed by atoms with Crippen LogP contribution in [-0.2, 0) is 4.79 Å². The van der Waals surface area contributed by atoms with Crippen LogP contribution in [-0.4, -0.2) is 40.7 Å². The molecule has 1 fully saturated rings. The number of ether oxygens (including phenoxy) is 1. The standard InChI is InChI=1S/C20H22N2O4/c1-13-8-9-17(14(2)10-13)21-19(24)18-11-15(23)12-22(18)20(25)26-16-6-4-3-5-7-16/h3-10,15,18,23H,11-12H2,1-2H3,(H,21,24)/t15-,18-/m0/s1. The first kappa shape index (κ1) is 17.9. The minimum Gasteiger partial charge on any atom is -0.410 e. The van der Waals surface area contributed by atoms with Gasteiger partial charge in [-0.1, -0.05) is 35.9 Å². The third kappa shape index (κ3) is 4.03. The average Bonchev–Trinajstić information content (AvgIpc) is 3.00. The number of hydrogen-bond acceptors (Lipinski definition) is 4. The lowest BCUT2D eigenvalue weighted by atomic mass is 10.1. The summed E-state index contributed by atoms with van der Waals surface area (Å²) in [6.45, 7) is 3.96. The smallest absolute Gasteiger partial charge is 0.410 e. The molecule has 1 heterocycles. The van der Waals surface area contributed by atoms with Gasteiger partial charge in [0.1, 0.15) is 11.8 Å². The Balaban J connectivity index is 1.72. The van der Waals surface area contributed by atoms with Crippen molar-refractivity contribution in [3.05, 3.63) is 59.7 Å². The van der Waals surface area contributed by atoms with Gasteiger partial charge in [-0.15, -0.1) is 0 Å². The zero-order valence-electron chi connectivity index (χ0n) is 14.8. The number of aryl methyl sites for hydroxylation is 2. The highest BCUT2D eigenvalue weighted by Gasteiger charge is 2.40. The summed E-state index contributed by atoms with van der Waals surface area (Å²) in [5, 5.41) is 12.8. The summed E-state index contributed by atoms with van der Waals surface area (Å²) in [6, 6.07) is 13.6. The van der Waals surface area contributed by atoms with Crippen molar-refractivity contribution in [1.29, 1.82) is 0 Å². The third-order valence-corrected chi connectivity index (χ3v) is 4.40. The molecule has 0 aromatic heterocycles. The van der Waals surface area contributed by atoms with E-state index in [4.69, 9.17) is 4.74 Å². The maximum Gasteiger partial charge on any atom is 0.416 e. The molecule has 0 saturated carbocycles. The molecule has 0 bridgehead atoms. The van der Waals surface area contributed by atoms with Crippen molar-refractivity contribution in [2.24, 2.45) is 0 Å². The van der Waals surface area contributed by atoms with Gasteiger partial charge in [-0.05, 0) is 37.6 Å². The predicted octanol–water partition coefficient (Wildman–Crippen LogP) is 2.88. The highest BCUT2D eigenvalue weighted by atomic mass is 16.6. The number of β-amino-alcohol motifs (C(OH)–C–C–N with tert-alkyl or cyclic N) is 1. The lowest BCUT2D eigenvalue weighted by Gasteiger charge is -2.23. The van der Waals surface area contributed by atoms with Crippen LogP contribution >= 0.6 is 0 Å². The van der Waals surface area contributed by atoms with Crippen molar-refractivity contribution in [3.63, 3.8) is 0 Å². The van der Waals surface area contributed by atoms with Crippen molar-refractivity contribution in [2.45, 2.75) is 32.4 Å². The van der Waals surface area contributed by atoms with Gasteiger partial charge in [-0.25, -0.2) is 4.79 Å². The summed E-state index contributed by atoms with van der Waals surface area (Å²) in [5.74, 6) is 0.0611.